The van der Waals surface area contributed by atoms with Crippen LogP contribution in [0.15, 0.2) is 64.9 Å². The van der Waals surface area contributed by atoms with E-state index in [1.807, 2.05) is 37.3 Å². The van der Waals surface area contributed by atoms with Crippen LogP contribution in [0.25, 0.3) is 0 Å². The number of H-pyrrole nitrogens is 1. The molecule has 0 radical (unpaired) electrons. The average molecular weight is 450 g/mol. The van der Waals surface area contributed by atoms with Crippen molar-refractivity contribution < 1.29 is 22.7 Å². The SMILES string of the molecule is C/C(=N\Nc1nc(SCC(=O)Nc2ccc(OC(F)(F)F)cc2)n[nH]1)c1ccccc1. The van der Waals surface area contributed by atoms with Gasteiger partial charge in [-0.3, -0.25) is 4.79 Å². The fourth-order valence-corrected chi connectivity index (χ4v) is 2.91. The Balaban J connectivity index is 1.46. The maximum Gasteiger partial charge on any atom is 0.573 e. The van der Waals surface area contributed by atoms with E-state index in [0.29, 0.717) is 16.8 Å². The first-order chi connectivity index (χ1) is 14.8. The monoisotopic (exact) mass is 450 g/mol. The minimum atomic E-state index is -4.77. The molecule has 0 atom stereocenters. The summed E-state index contributed by atoms with van der Waals surface area (Å²) in [6, 6.07) is 14.4. The fourth-order valence-electron chi connectivity index (χ4n) is 2.31. The number of thioether (sulfide) groups is 1. The lowest BCUT2D eigenvalue weighted by Gasteiger charge is -2.09. The highest BCUT2D eigenvalue weighted by molar-refractivity contribution is 7.99. The standard InChI is InChI=1S/C19H17F3N6O2S/c1-12(13-5-3-2-4-6-13)25-26-17-24-18(28-27-17)31-11-16(29)23-14-7-9-15(10-8-14)30-19(20,21)22/h2-10H,11H2,1H3,(H,23,29)(H2,24,26,27,28)/b25-12+. The van der Waals surface area contributed by atoms with Crippen LogP contribution in [0.1, 0.15) is 12.5 Å². The number of benzene rings is 2. The zero-order valence-corrected chi connectivity index (χ0v) is 16.9. The Kier molecular flexibility index (Phi) is 7.13. The molecule has 0 aliphatic heterocycles. The molecule has 1 amide bonds. The number of hydrogen-bond donors (Lipinski definition) is 3. The molecule has 0 aliphatic carbocycles. The van der Waals surface area contributed by atoms with E-state index in [2.05, 4.69) is 35.8 Å². The zero-order chi connectivity index (χ0) is 22.3. The third kappa shape index (κ3) is 7.33. The first-order valence-electron chi connectivity index (χ1n) is 8.85. The number of aromatic nitrogens is 3. The Labute approximate surface area is 179 Å². The van der Waals surface area contributed by atoms with Crippen molar-refractivity contribution in [2.45, 2.75) is 18.4 Å². The van der Waals surface area contributed by atoms with E-state index in [4.69, 9.17) is 0 Å². The predicted molar refractivity (Wildman–Crippen MR) is 111 cm³/mol. The lowest BCUT2D eigenvalue weighted by atomic mass is 10.1. The smallest absolute Gasteiger partial charge is 0.406 e. The fraction of sp³-hybridized carbons (Fsp3) is 0.158. The molecular formula is C19H17F3N6O2S. The van der Waals surface area contributed by atoms with Crippen molar-refractivity contribution >= 4 is 35.0 Å². The molecular weight excluding hydrogens is 433 g/mol. The molecule has 2 aromatic carbocycles. The summed E-state index contributed by atoms with van der Waals surface area (Å²) in [6.45, 7) is 1.85. The van der Waals surface area contributed by atoms with Crippen molar-refractivity contribution in [1.82, 2.24) is 15.2 Å². The highest BCUT2D eigenvalue weighted by Gasteiger charge is 2.30. The second kappa shape index (κ2) is 9.98. The minimum Gasteiger partial charge on any atom is -0.406 e. The third-order valence-electron chi connectivity index (χ3n) is 3.69. The van der Waals surface area contributed by atoms with E-state index in [0.717, 1.165) is 35.2 Å². The number of halogens is 3. The maximum absolute atomic E-state index is 12.2. The van der Waals surface area contributed by atoms with Gasteiger partial charge in [0, 0.05) is 5.69 Å². The number of hydrogen-bond acceptors (Lipinski definition) is 7. The van der Waals surface area contributed by atoms with E-state index < -0.39 is 6.36 Å². The molecule has 0 aliphatic rings. The number of rotatable bonds is 8. The van der Waals surface area contributed by atoms with Crippen LogP contribution in [0.3, 0.4) is 0 Å². The number of nitrogens with zero attached hydrogens (tertiary/aromatic N) is 3. The van der Waals surface area contributed by atoms with Crippen LogP contribution >= 0.6 is 11.8 Å². The molecule has 0 saturated carbocycles. The van der Waals surface area contributed by atoms with Gasteiger partial charge in [-0.05, 0) is 36.8 Å². The molecule has 3 N–H and O–H groups in total. The van der Waals surface area contributed by atoms with Crippen molar-refractivity contribution in [3.05, 3.63) is 60.2 Å². The number of hydrazone groups is 1. The molecule has 8 nitrogen and oxygen atoms in total. The van der Waals surface area contributed by atoms with Gasteiger partial charge in [-0.15, -0.1) is 18.3 Å². The van der Waals surface area contributed by atoms with E-state index >= 15 is 0 Å². The number of alkyl halides is 3. The van der Waals surface area contributed by atoms with Gasteiger partial charge >= 0.3 is 6.36 Å². The van der Waals surface area contributed by atoms with Crippen LogP contribution in [0.5, 0.6) is 5.75 Å². The number of nitrogens with one attached hydrogen (secondary N) is 3. The normalized spacial score (nSPS) is 11.8. The molecule has 0 spiro atoms. The minimum absolute atomic E-state index is 0.00437. The first kappa shape index (κ1) is 22.2. The van der Waals surface area contributed by atoms with Gasteiger partial charge in [0.2, 0.25) is 17.0 Å². The van der Waals surface area contributed by atoms with Gasteiger partial charge in [0.1, 0.15) is 5.75 Å². The summed E-state index contributed by atoms with van der Waals surface area (Å²) >= 11 is 1.08. The summed E-state index contributed by atoms with van der Waals surface area (Å²) < 4.78 is 40.3. The molecule has 162 valence electrons. The highest BCUT2D eigenvalue weighted by Crippen LogP contribution is 2.24. The predicted octanol–water partition coefficient (Wildman–Crippen LogP) is 4.27. The number of carbonyl (C=O) groups excluding carboxylic acids is 1. The number of carbonyl (C=O) groups is 1. The molecule has 1 heterocycles. The summed E-state index contributed by atoms with van der Waals surface area (Å²) in [7, 11) is 0. The van der Waals surface area contributed by atoms with Gasteiger partial charge in [-0.1, -0.05) is 42.1 Å². The van der Waals surface area contributed by atoms with Crippen LogP contribution in [-0.2, 0) is 4.79 Å². The van der Waals surface area contributed by atoms with Gasteiger partial charge in [0.15, 0.2) is 0 Å². The van der Waals surface area contributed by atoms with Gasteiger partial charge in [-0.25, -0.2) is 10.5 Å². The summed E-state index contributed by atoms with van der Waals surface area (Å²) in [4.78, 5) is 16.2. The maximum atomic E-state index is 12.2. The second-order valence-electron chi connectivity index (χ2n) is 6.05. The van der Waals surface area contributed by atoms with Crippen LogP contribution in [0, 0.1) is 0 Å². The number of ether oxygens (including phenoxy) is 1. The summed E-state index contributed by atoms with van der Waals surface area (Å²) in [5.74, 6) is -0.416. The number of amides is 1. The number of anilines is 2. The second-order valence-corrected chi connectivity index (χ2v) is 6.99. The quantitative estimate of drug-likeness (QED) is 0.269. The Bertz CT molecular complexity index is 1040. The van der Waals surface area contributed by atoms with Gasteiger partial charge in [0.25, 0.3) is 0 Å². The molecule has 3 aromatic rings. The van der Waals surface area contributed by atoms with Crippen LogP contribution in [0.4, 0.5) is 24.8 Å². The van der Waals surface area contributed by atoms with E-state index in [1.54, 1.807) is 0 Å². The molecule has 0 unspecified atom stereocenters. The van der Waals surface area contributed by atoms with E-state index in [-0.39, 0.29) is 17.4 Å². The van der Waals surface area contributed by atoms with Crippen molar-refractivity contribution in [2.24, 2.45) is 5.10 Å². The van der Waals surface area contributed by atoms with Crippen molar-refractivity contribution in [3.8, 4) is 5.75 Å². The lowest BCUT2D eigenvalue weighted by molar-refractivity contribution is -0.274. The van der Waals surface area contributed by atoms with Crippen molar-refractivity contribution in [2.75, 3.05) is 16.5 Å². The highest BCUT2D eigenvalue weighted by atomic mass is 32.2. The average Bonchev–Trinajstić information content (AvgIpc) is 3.19. The first-order valence-corrected chi connectivity index (χ1v) is 9.83. The third-order valence-corrected chi connectivity index (χ3v) is 4.54. The molecule has 3 rings (SSSR count). The van der Waals surface area contributed by atoms with Crippen LogP contribution in [-0.4, -0.2) is 38.9 Å². The van der Waals surface area contributed by atoms with E-state index in [1.165, 1.54) is 12.1 Å². The Morgan fingerprint density at radius 3 is 2.55 bits per heavy atom. The zero-order valence-electron chi connectivity index (χ0n) is 16.1. The van der Waals surface area contributed by atoms with Gasteiger partial charge < -0.3 is 10.1 Å². The largest absolute Gasteiger partial charge is 0.573 e. The summed E-state index contributed by atoms with van der Waals surface area (Å²) in [6.07, 6.45) is -4.77. The Hall–Kier alpha value is -3.54. The van der Waals surface area contributed by atoms with Crippen molar-refractivity contribution in [1.29, 1.82) is 0 Å². The van der Waals surface area contributed by atoms with Crippen molar-refractivity contribution in [3.63, 3.8) is 0 Å². The van der Waals surface area contributed by atoms with Crippen LogP contribution < -0.4 is 15.5 Å². The molecule has 12 heteroatoms. The summed E-state index contributed by atoms with van der Waals surface area (Å²) in [5, 5.41) is 13.8. The molecule has 0 saturated heterocycles. The van der Waals surface area contributed by atoms with Gasteiger partial charge in [-0.2, -0.15) is 10.1 Å². The molecule has 1 aromatic heterocycles. The van der Waals surface area contributed by atoms with Crippen LogP contribution in [0.2, 0.25) is 0 Å². The molecule has 0 fully saturated rings. The Morgan fingerprint density at radius 2 is 1.87 bits per heavy atom. The van der Waals surface area contributed by atoms with E-state index in [9.17, 15) is 18.0 Å². The number of aromatic amines is 1. The lowest BCUT2D eigenvalue weighted by Crippen LogP contribution is -2.17. The Morgan fingerprint density at radius 1 is 1.16 bits per heavy atom. The molecule has 31 heavy (non-hydrogen) atoms. The summed E-state index contributed by atoms with van der Waals surface area (Å²) in [5.41, 5.74) is 4.82. The van der Waals surface area contributed by atoms with Gasteiger partial charge in [0.05, 0.1) is 11.5 Å². The topological polar surface area (TPSA) is 104 Å². The molecule has 0 bridgehead atoms.